The number of aliphatic hydroxyl groups is 1. The summed E-state index contributed by atoms with van der Waals surface area (Å²) in [6, 6.07) is 1.23. The fraction of sp³-hybridized carbons (Fsp3) is 1.00. The molecular formula is C13H23NO. The third-order valence-corrected chi connectivity index (χ3v) is 4.89. The minimum absolute atomic E-state index is 0.308. The SMILES string of the molecule is OC1(C2CCCC2)CC2CCCC(C1)N2. The minimum Gasteiger partial charge on any atom is -0.389 e. The van der Waals surface area contributed by atoms with Gasteiger partial charge in [0, 0.05) is 12.1 Å². The molecule has 3 fully saturated rings. The molecule has 0 radical (unpaired) electrons. The quantitative estimate of drug-likeness (QED) is 0.694. The lowest BCUT2D eigenvalue weighted by atomic mass is 9.70. The van der Waals surface area contributed by atoms with Crippen molar-refractivity contribution in [1.82, 2.24) is 5.32 Å². The second-order valence-corrected chi connectivity index (χ2v) is 5.98. The van der Waals surface area contributed by atoms with Crippen LogP contribution in [0, 0.1) is 5.92 Å². The molecule has 2 saturated heterocycles. The summed E-state index contributed by atoms with van der Waals surface area (Å²) in [5, 5.41) is 14.5. The number of hydrogen-bond donors (Lipinski definition) is 2. The Morgan fingerprint density at radius 3 is 2.07 bits per heavy atom. The lowest BCUT2D eigenvalue weighted by molar-refractivity contribution is -0.0740. The first-order valence-corrected chi connectivity index (χ1v) is 6.75. The molecule has 0 aromatic carbocycles. The first-order chi connectivity index (χ1) is 7.26. The van der Waals surface area contributed by atoms with E-state index in [1.165, 1.54) is 44.9 Å². The van der Waals surface area contributed by atoms with Crippen molar-refractivity contribution in [3.05, 3.63) is 0 Å². The summed E-state index contributed by atoms with van der Waals surface area (Å²) in [6.07, 6.45) is 11.2. The number of piperidine rings is 2. The van der Waals surface area contributed by atoms with E-state index in [9.17, 15) is 5.11 Å². The molecule has 2 aliphatic heterocycles. The van der Waals surface area contributed by atoms with Crippen LogP contribution in [0.4, 0.5) is 0 Å². The lowest BCUT2D eigenvalue weighted by Crippen LogP contribution is -2.57. The van der Waals surface area contributed by atoms with E-state index in [2.05, 4.69) is 5.32 Å². The zero-order valence-electron chi connectivity index (χ0n) is 9.54. The van der Waals surface area contributed by atoms with Crippen LogP contribution in [0.1, 0.15) is 57.8 Å². The van der Waals surface area contributed by atoms with Gasteiger partial charge in [-0.15, -0.1) is 0 Å². The van der Waals surface area contributed by atoms with Crippen molar-refractivity contribution in [2.24, 2.45) is 5.92 Å². The maximum atomic E-state index is 10.8. The van der Waals surface area contributed by atoms with Gasteiger partial charge in [-0.05, 0) is 44.4 Å². The average molecular weight is 209 g/mol. The van der Waals surface area contributed by atoms with Crippen molar-refractivity contribution in [3.8, 4) is 0 Å². The number of nitrogens with one attached hydrogen (secondary N) is 1. The zero-order chi connectivity index (χ0) is 10.3. The van der Waals surface area contributed by atoms with Crippen LogP contribution in [-0.2, 0) is 0 Å². The smallest absolute Gasteiger partial charge is 0.0705 e. The molecule has 3 rings (SSSR count). The molecule has 2 unspecified atom stereocenters. The van der Waals surface area contributed by atoms with E-state index in [0.717, 1.165) is 12.8 Å². The largest absolute Gasteiger partial charge is 0.389 e. The van der Waals surface area contributed by atoms with Crippen LogP contribution < -0.4 is 5.32 Å². The maximum Gasteiger partial charge on any atom is 0.0705 e. The Bertz CT molecular complexity index is 223. The van der Waals surface area contributed by atoms with Crippen LogP contribution in [0.25, 0.3) is 0 Å². The van der Waals surface area contributed by atoms with Gasteiger partial charge in [-0.1, -0.05) is 19.3 Å². The molecule has 2 nitrogen and oxygen atoms in total. The Labute approximate surface area is 92.4 Å². The van der Waals surface area contributed by atoms with Crippen molar-refractivity contribution in [2.75, 3.05) is 0 Å². The summed E-state index contributed by atoms with van der Waals surface area (Å²) in [5.41, 5.74) is -0.308. The van der Waals surface area contributed by atoms with Gasteiger partial charge < -0.3 is 10.4 Å². The molecule has 0 aromatic heterocycles. The van der Waals surface area contributed by atoms with Gasteiger partial charge in [0.2, 0.25) is 0 Å². The van der Waals surface area contributed by atoms with E-state index < -0.39 is 0 Å². The zero-order valence-corrected chi connectivity index (χ0v) is 9.54. The molecule has 3 aliphatic rings. The van der Waals surface area contributed by atoms with Gasteiger partial charge in [0.05, 0.1) is 5.60 Å². The summed E-state index contributed by atoms with van der Waals surface area (Å²) in [6.45, 7) is 0. The highest BCUT2D eigenvalue weighted by Crippen LogP contribution is 2.43. The molecule has 86 valence electrons. The van der Waals surface area contributed by atoms with Crippen LogP contribution >= 0.6 is 0 Å². The highest BCUT2D eigenvalue weighted by molar-refractivity contribution is 5.01. The van der Waals surface area contributed by atoms with Gasteiger partial charge >= 0.3 is 0 Å². The summed E-state index contributed by atoms with van der Waals surface area (Å²) in [5.74, 6) is 0.614. The molecule has 0 amide bonds. The number of rotatable bonds is 1. The topological polar surface area (TPSA) is 32.3 Å². The average Bonchev–Trinajstić information content (AvgIpc) is 2.69. The van der Waals surface area contributed by atoms with E-state index in [4.69, 9.17) is 0 Å². The van der Waals surface area contributed by atoms with Gasteiger partial charge in [-0.2, -0.15) is 0 Å². The highest BCUT2D eigenvalue weighted by atomic mass is 16.3. The van der Waals surface area contributed by atoms with Crippen LogP contribution in [-0.4, -0.2) is 22.8 Å². The van der Waals surface area contributed by atoms with Gasteiger partial charge in [-0.25, -0.2) is 0 Å². The number of fused-ring (bicyclic) bond motifs is 2. The first-order valence-electron chi connectivity index (χ1n) is 6.75. The molecule has 0 spiro atoms. The van der Waals surface area contributed by atoms with Crippen molar-refractivity contribution in [2.45, 2.75) is 75.5 Å². The van der Waals surface area contributed by atoms with Gasteiger partial charge in [-0.3, -0.25) is 0 Å². The first kappa shape index (κ1) is 10.1. The van der Waals surface area contributed by atoms with E-state index in [1.807, 2.05) is 0 Å². The molecular weight excluding hydrogens is 186 g/mol. The third kappa shape index (κ3) is 1.83. The molecule has 0 aromatic rings. The van der Waals surface area contributed by atoms with Crippen LogP contribution in [0.2, 0.25) is 0 Å². The molecule has 2 heterocycles. The molecule has 15 heavy (non-hydrogen) atoms. The van der Waals surface area contributed by atoms with Crippen molar-refractivity contribution in [3.63, 3.8) is 0 Å². The highest BCUT2D eigenvalue weighted by Gasteiger charge is 2.45. The molecule has 2 N–H and O–H groups in total. The Morgan fingerprint density at radius 2 is 1.47 bits per heavy atom. The lowest BCUT2D eigenvalue weighted by Gasteiger charge is -2.48. The van der Waals surface area contributed by atoms with Crippen molar-refractivity contribution in [1.29, 1.82) is 0 Å². The van der Waals surface area contributed by atoms with E-state index in [-0.39, 0.29) is 5.60 Å². The molecule has 2 bridgehead atoms. The van der Waals surface area contributed by atoms with Gasteiger partial charge in [0.15, 0.2) is 0 Å². The van der Waals surface area contributed by atoms with Crippen molar-refractivity contribution < 1.29 is 5.11 Å². The maximum absolute atomic E-state index is 10.8. The van der Waals surface area contributed by atoms with E-state index in [0.29, 0.717) is 18.0 Å². The summed E-state index contributed by atoms with van der Waals surface area (Å²) in [7, 11) is 0. The third-order valence-electron chi connectivity index (χ3n) is 4.89. The Balaban J connectivity index is 1.74. The van der Waals surface area contributed by atoms with Crippen LogP contribution in [0.5, 0.6) is 0 Å². The summed E-state index contributed by atoms with van der Waals surface area (Å²) >= 11 is 0. The van der Waals surface area contributed by atoms with E-state index in [1.54, 1.807) is 0 Å². The molecule has 2 atom stereocenters. The fourth-order valence-electron chi connectivity index (χ4n) is 4.17. The fourth-order valence-corrected chi connectivity index (χ4v) is 4.17. The Morgan fingerprint density at radius 1 is 0.867 bits per heavy atom. The van der Waals surface area contributed by atoms with Crippen LogP contribution in [0.3, 0.4) is 0 Å². The van der Waals surface area contributed by atoms with Gasteiger partial charge in [0.25, 0.3) is 0 Å². The van der Waals surface area contributed by atoms with E-state index >= 15 is 0 Å². The predicted octanol–water partition coefficient (Wildman–Crippen LogP) is 2.21. The standard InChI is InChI=1S/C13H23NO/c15-13(10-4-1-2-5-10)8-11-6-3-7-12(9-13)14-11/h10-12,14-15H,1-9H2. The van der Waals surface area contributed by atoms with Crippen LogP contribution in [0.15, 0.2) is 0 Å². The van der Waals surface area contributed by atoms with Crippen molar-refractivity contribution >= 4 is 0 Å². The number of hydrogen-bond acceptors (Lipinski definition) is 2. The summed E-state index contributed by atoms with van der Waals surface area (Å²) in [4.78, 5) is 0. The molecule has 1 saturated carbocycles. The minimum atomic E-state index is -0.308. The normalized spacial score (nSPS) is 47.0. The Kier molecular flexibility index (Phi) is 2.52. The molecule has 1 aliphatic carbocycles. The Hall–Kier alpha value is -0.0800. The molecule has 2 heteroatoms. The van der Waals surface area contributed by atoms with Gasteiger partial charge in [0.1, 0.15) is 0 Å². The summed E-state index contributed by atoms with van der Waals surface area (Å²) < 4.78 is 0. The monoisotopic (exact) mass is 209 g/mol. The second-order valence-electron chi connectivity index (χ2n) is 5.98. The predicted molar refractivity (Wildman–Crippen MR) is 60.7 cm³/mol. The second kappa shape index (κ2) is 3.74.